The number of H-pyrrole nitrogens is 1. The Kier molecular flexibility index (Phi) is 5.03. The third-order valence-electron chi connectivity index (χ3n) is 4.29. The Morgan fingerprint density at radius 3 is 2.25 bits per heavy atom. The van der Waals surface area contributed by atoms with Crippen molar-refractivity contribution >= 4 is 23.4 Å². The second-order valence-corrected chi connectivity index (χ2v) is 6.87. The Bertz CT molecular complexity index is 915. The third-order valence-corrected chi connectivity index (χ3v) is 5.60. The maximum atomic E-state index is 12.5. The van der Waals surface area contributed by atoms with Crippen molar-refractivity contribution in [1.29, 1.82) is 0 Å². The Hall–Kier alpha value is -2.28. The van der Waals surface area contributed by atoms with E-state index in [4.69, 9.17) is 5.73 Å². The van der Waals surface area contributed by atoms with Crippen LogP contribution in [0.15, 0.2) is 20.6 Å². The molecule has 0 fully saturated rings. The molecule has 0 saturated carbocycles. The van der Waals surface area contributed by atoms with Crippen LogP contribution in [0.25, 0.3) is 0 Å². The highest BCUT2D eigenvalue weighted by Gasteiger charge is 2.19. The Balaban J connectivity index is 2.36. The molecule has 128 valence electrons. The summed E-state index contributed by atoms with van der Waals surface area (Å²) in [5.74, 6) is -0.425. The maximum absolute atomic E-state index is 12.5. The van der Waals surface area contributed by atoms with Crippen molar-refractivity contribution in [2.75, 3.05) is 11.5 Å². The molecule has 0 saturated heterocycles. The molecule has 7 heteroatoms. The highest BCUT2D eigenvalue weighted by molar-refractivity contribution is 8.00. The number of thioether (sulfide) groups is 1. The summed E-state index contributed by atoms with van der Waals surface area (Å²) in [6.45, 7) is 8.09. The van der Waals surface area contributed by atoms with Crippen molar-refractivity contribution in [1.82, 2.24) is 9.55 Å². The van der Waals surface area contributed by atoms with Gasteiger partial charge in [0.25, 0.3) is 5.56 Å². The van der Waals surface area contributed by atoms with Gasteiger partial charge in [-0.1, -0.05) is 6.07 Å². The number of carbonyl (C=O) groups excluding carboxylic acids is 1. The number of Topliss-reactive ketones (excluding diaryl/α,β-unsaturated/α-hetero) is 1. The van der Waals surface area contributed by atoms with E-state index >= 15 is 0 Å². The SMILES string of the molecule is Cc1cc(C)c(C)c(SCC(=O)c2c(N)n(C)c(=O)[nH]c2=O)c1C. The molecule has 1 aromatic heterocycles. The molecule has 1 heterocycles. The van der Waals surface area contributed by atoms with Gasteiger partial charge in [-0.2, -0.15) is 0 Å². The summed E-state index contributed by atoms with van der Waals surface area (Å²) in [4.78, 5) is 39.1. The number of nitrogens with one attached hydrogen (secondary N) is 1. The van der Waals surface area contributed by atoms with Crippen LogP contribution in [0.4, 0.5) is 5.82 Å². The van der Waals surface area contributed by atoms with Crippen LogP contribution in [-0.2, 0) is 7.05 Å². The van der Waals surface area contributed by atoms with Gasteiger partial charge in [0.2, 0.25) is 0 Å². The normalized spacial score (nSPS) is 10.9. The Labute approximate surface area is 144 Å². The van der Waals surface area contributed by atoms with Gasteiger partial charge in [0, 0.05) is 11.9 Å². The molecule has 0 atom stereocenters. The first-order chi connectivity index (χ1) is 11.1. The molecule has 2 rings (SSSR count). The standard InChI is InChI=1S/C17H21N3O3S/c1-8-6-9(2)11(4)14(10(8)3)24-7-12(21)13-15(18)20(5)17(23)19-16(13)22/h6H,7,18H2,1-5H3,(H,19,22,23). The lowest BCUT2D eigenvalue weighted by molar-refractivity contribution is 0.102. The van der Waals surface area contributed by atoms with E-state index < -0.39 is 17.0 Å². The van der Waals surface area contributed by atoms with Crippen molar-refractivity contribution < 1.29 is 4.79 Å². The number of rotatable bonds is 4. The van der Waals surface area contributed by atoms with Gasteiger partial charge in [-0.15, -0.1) is 11.8 Å². The molecule has 24 heavy (non-hydrogen) atoms. The molecule has 3 N–H and O–H groups in total. The van der Waals surface area contributed by atoms with E-state index in [1.165, 1.54) is 18.8 Å². The molecule has 2 aromatic rings. The Morgan fingerprint density at radius 2 is 1.71 bits per heavy atom. The lowest BCUT2D eigenvalue weighted by Crippen LogP contribution is -2.35. The first-order valence-electron chi connectivity index (χ1n) is 7.47. The zero-order chi connectivity index (χ0) is 18.2. The summed E-state index contributed by atoms with van der Waals surface area (Å²) in [7, 11) is 1.41. The van der Waals surface area contributed by atoms with E-state index in [2.05, 4.69) is 11.1 Å². The predicted octanol–water partition coefficient (Wildman–Crippen LogP) is 1.86. The molecule has 0 spiro atoms. The number of hydrogen-bond acceptors (Lipinski definition) is 5. The zero-order valence-corrected chi connectivity index (χ0v) is 15.3. The van der Waals surface area contributed by atoms with Gasteiger partial charge >= 0.3 is 5.69 Å². The summed E-state index contributed by atoms with van der Waals surface area (Å²) < 4.78 is 1.06. The van der Waals surface area contributed by atoms with E-state index in [-0.39, 0.29) is 17.1 Å². The highest BCUT2D eigenvalue weighted by Crippen LogP contribution is 2.31. The third kappa shape index (κ3) is 3.17. The summed E-state index contributed by atoms with van der Waals surface area (Å²) in [5, 5.41) is 0. The largest absolute Gasteiger partial charge is 0.384 e. The number of benzene rings is 1. The summed E-state index contributed by atoms with van der Waals surface area (Å²) >= 11 is 1.39. The van der Waals surface area contributed by atoms with E-state index in [9.17, 15) is 14.4 Å². The maximum Gasteiger partial charge on any atom is 0.329 e. The number of nitrogen functional groups attached to an aromatic ring is 1. The van der Waals surface area contributed by atoms with Gasteiger partial charge in [0.05, 0.1) is 5.75 Å². The number of aryl methyl sites for hydroxylation is 2. The van der Waals surface area contributed by atoms with Crippen LogP contribution in [0.3, 0.4) is 0 Å². The zero-order valence-electron chi connectivity index (χ0n) is 14.4. The van der Waals surface area contributed by atoms with Gasteiger partial charge < -0.3 is 5.73 Å². The van der Waals surface area contributed by atoms with Crippen molar-refractivity contribution in [3.8, 4) is 0 Å². The van der Waals surface area contributed by atoms with Crippen LogP contribution in [0.5, 0.6) is 0 Å². The minimum absolute atomic E-state index is 0.0794. The molecule has 0 aliphatic carbocycles. The number of nitrogens with zero attached hydrogens (tertiary/aromatic N) is 1. The van der Waals surface area contributed by atoms with Crippen LogP contribution >= 0.6 is 11.8 Å². The molecule has 0 unspecified atom stereocenters. The molecule has 0 radical (unpaired) electrons. The number of hydrogen-bond donors (Lipinski definition) is 2. The second kappa shape index (κ2) is 6.68. The summed E-state index contributed by atoms with van der Waals surface area (Å²) in [6.07, 6.45) is 0. The molecular weight excluding hydrogens is 326 g/mol. The van der Waals surface area contributed by atoms with Crippen LogP contribution in [-0.4, -0.2) is 21.1 Å². The molecule has 0 aliphatic heterocycles. The van der Waals surface area contributed by atoms with Gasteiger partial charge in [-0.05, 0) is 49.9 Å². The first-order valence-corrected chi connectivity index (χ1v) is 8.45. The molecule has 0 bridgehead atoms. The molecule has 6 nitrogen and oxygen atoms in total. The van der Waals surface area contributed by atoms with Gasteiger partial charge in [0.1, 0.15) is 11.4 Å². The Morgan fingerprint density at radius 1 is 1.17 bits per heavy atom. The number of carbonyl (C=O) groups is 1. The minimum Gasteiger partial charge on any atom is -0.384 e. The number of anilines is 1. The van der Waals surface area contributed by atoms with Crippen molar-refractivity contribution in [3.63, 3.8) is 0 Å². The molecular formula is C17H21N3O3S. The summed E-state index contributed by atoms with van der Waals surface area (Å²) in [5.41, 5.74) is 8.80. The van der Waals surface area contributed by atoms with Crippen LogP contribution in [0, 0.1) is 27.7 Å². The monoisotopic (exact) mass is 347 g/mol. The van der Waals surface area contributed by atoms with E-state index in [1.807, 2.05) is 27.7 Å². The van der Waals surface area contributed by atoms with Crippen LogP contribution in [0.2, 0.25) is 0 Å². The smallest absolute Gasteiger partial charge is 0.329 e. The van der Waals surface area contributed by atoms with Crippen LogP contribution < -0.4 is 17.0 Å². The lowest BCUT2D eigenvalue weighted by Gasteiger charge is -2.14. The van der Waals surface area contributed by atoms with Gasteiger partial charge in [0.15, 0.2) is 5.78 Å². The van der Waals surface area contributed by atoms with E-state index in [1.54, 1.807) is 0 Å². The van der Waals surface area contributed by atoms with Crippen LogP contribution in [0.1, 0.15) is 32.6 Å². The average Bonchev–Trinajstić information content (AvgIpc) is 2.51. The fraction of sp³-hybridized carbons (Fsp3) is 0.353. The quantitative estimate of drug-likeness (QED) is 0.650. The minimum atomic E-state index is -0.741. The summed E-state index contributed by atoms with van der Waals surface area (Å²) in [6, 6.07) is 2.12. The molecule has 1 aromatic carbocycles. The van der Waals surface area contributed by atoms with E-state index in [0.717, 1.165) is 31.7 Å². The number of nitrogens with two attached hydrogens (primary N) is 1. The average molecular weight is 347 g/mol. The van der Waals surface area contributed by atoms with Gasteiger partial charge in [-0.25, -0.2) is 4.79 Å². The lowest BCUT2D eigenvalue weighted by atomic mass is 10.0. The number of aromatic nitrogens is 2. The van der Waals surface area contributed by atoms with Crippen molar-refractivity contribution in [2.45, 2.75) is 32.6 Å². The fourth-order valence-electron chi connectivity index (χ4n) is 2.51. The second-order valence-electron chi connectivity index (χ2n) is 5.88. The van der Waals surface area contributed by atoms with E-state index in [0.29, 0.717) is 0 Å². The molecule has 0 amide bonds. The van der Waals surface area contributed by atoms with Crippen molar-refractivity contribution in [3.05, 3.63) is 54.7 Å². The molecule has 0 aliphatic rings. The predicted molar refractivity (Wildman–Crippen MR) is 97.2 cm³/mol. The first kappa shape index (κ1) is 18.1. The topological polar surface area (TPSA) is 97.9 Å². The van der Waals surface area contributed by atoms with Crippen molar-refractivity contribution in [2.24, 2.45) is 7.05 Å². The number of ketones is 1. The number of aromatic amines is 1. The fourth-order valence-corrected chi connectivity index (χ4v) is 3.69. The highest BCUT2D eigenvalue weighted by atomic mass is 32.2. The van der Waals surface area contributed by atoms with Gasteiger partial charge in [-0.3, -0.25) is 19.1 Å².